The number of aliphatic imine (C=N–C) groups is 4. The van der Waals surface area contributed by atoms with Gasteiger partial charge in [0.1, 0.15) is 0 Å². The van der Waals surface area contributed by atoms with Crippen molar-refractivity contribution >= 4 is 82.2 Å². The van der Waals surface area contributed by atoms with Crippen LogP contribution in [-0.2, 0) is 19.2 Å². The third-order valence-electron chi connectivity index (χ3n) is 5.49. The normalized spacial score (nSPS) is 11.6. The number of primary amides is 2. The third-order valence-corrected chi connectivity index (χ3v) is 5.99. The molecule has 20 heteroatoms. The molecule has 0 aliphatic heterocycles. The Labute approximate surface area is 299 Å². The van der Waals surface area contributed by atoms with Gasteiger partial charge in [0.15, 0.2) is 0 Å². The predicted octanol–water partition coefficient (Wildman–Crippen LogP) is 2.01. The van der Waals surface area contributed by atoms with Crippen LogP contribution in [0.2, 0.25) is 10.0 Å². The van der Waals surface area contributed by atoms with E-state index in [9.17, 15) is 19.2 Å². The summed E-state index contributed by atoms with van der Waals surface area (Å²) in [6, 6.07) is 14.1. The fraction of sp³-hybridized carbons (Fsp3) is 0.333. The van der Waals surface area contributed by atoms with Gasteiger partial charge in [0.2, 0.25) is 35.7 Å². The number of carbonyl (C=O) groups is 4. The zero-order chi connectivity index (χ0) is 37.9. The molecular formula is C30H44Cl2N12O6. The lowest BCUT2D eigenvalue weighted by Gasteiger charge is -2.05. The summed E-state index contributed by atoms with van der Waals surface area (Å²) < 4.78 is 0. The van der Waals surface area contributed by atoms with Crippen LogP contribution in [0.15, 0.2) is 68.5 Å². The molecule has 0 aliphatic carbocycles. The summed E-state index contributed by atoms with van der Waals surface area (Å²) in [7, 11) is 0. The fourth-order valence-corrected chi connectivity index (χ4v) is 3.41. The van der Waals surface area contributed by atoms with Gasteiger partial charge in [-0.2, -0.15) is 9.98 Å². The average Bonchev–Trinajstić information content (AvgIpc) is 3.03. The smallest absolute Gasteiger partial charge is 0.303 e. The standard InChI is InChI=1S/C22H30Cl2N10.2C4H7NO3/c23-15-5-9-17(10-6-15)31-21(27)33-19(25)29-13-3-1-2-4-14-30-20(26)34-22(28)32-18-11-7-16(24)8-12-18;2*5-3(6)1-2-4(7)8/h5-12H,1-4,13-14H2,(H5,25,27,29,31,33)(H5,26,28,30,32,34);2*1-2H2,(H2,5,6)(H,7,8). The van der Waals surface area contributed by atoms with E-state index in [1.165, 1.54) is 0 Å². The van der Waals surface area contributed by atoms with Crippen LogP contribution in [0.5, 0.6) is 0 Å². The van der Waals surface area contributed by atoms with Crippen molar-refractivity contribution in [1.82, 2.24) is 0 Å². The Balaban J connectivity index is 0.00000124. The number of nitrogens with two attached hydrogens (primary N) is 6. The van der Waals surface area contributed by atoms with Crippen molar-refractivity contribution in [2.75, 3.05) is 23.7 Å². The van der Waals surface area contributed by atoms with Crippen molar-refractivity contribution in [3.63, 3.8) is 0 Å². The Kier molecular flexibility index (Phi) is 23.4. The second kappa shape index (κ2) is 26.3. The monoisotopic (exact) mass is 738 g/mol. The summed E-state index contributed by atoms with van der Waals surface area (Å²) in [5, 5.41) is 23.0. The second-order valence-corrected chi connectivity index (χ2v) is 10.7. The first kappa shape index (κ1) is 44.4. The van der Waals surface area contributed by atoms with Crippen molar-refractivity contribution in [3.05, 3.63) is 58.6 Å². The number of halogens is 2. The van der Waals surface area contributed by atoms with Crippen molar-refractivity contribution in [2.24, 2.45) is 54.4 Å². The fourth-order valence-electron chi connectivity index (χ4n) is 3.16. The first-order valence-electron chi connectivity index (χ1n) is 14.9. The Morgan fingerprint density at radius 2 is 0.860 bits per heavy atom. The van der Waals surface area contributed by atoms with E-state index < -0.39 is 23.8 Å². The summed E-state index contributed by atoms with van der Waals surface area (Å²) >= 11 is 11.7. The molecule has 0 fully saturated rings. The van der Waals surface area contributed by atoms with Crippen molar-refractivity contribution < 1.29 is 29.4 Å². The Morgan fingerprint density at radius 1 is 0.540 bits per heavy atom. The molecule has 2 aromatic rings. The van der Waals surface area contributed by atoms with Crippen LogP contribution >= 0.6 is 23.2 Å². The summed E-state index contributed by atoms with van der Waals surface area (Å²) in [6.07, 6.45) is 3.19. The van der Waals surface area contributed by atoms with Crippen molar-refractivity contribution in [3.8, 4) is 0 Å². The number of nitrogens with zero attached hydrogens (tertiary/aromatic N) is 4. The Hall–Kier alpha value is -5.62. The van der Waals surface area contributed by atoms with Crippen LogP contribution < -0.4 is 45.0 Å². The highest BCUT2D eigenvalue weighted by molar-refractivity contribution is 6.31. The van der Waals surface area contributed by atoms with Gasteiger partial charge in [-0.25, -0.2) is 0 Å². The molecule has 0 spiro atoms. The molecule has 0 aromatic heterocycles. The molecule has 0 bridgehead atoms. The summed E-state index contributed by atoms with van der Waals surface area (Å²) in [6.45, 7) is 1.12. The lowest BCUT2D eigenvalue weighted by molar-refractivity contribution is -0.139. The van der Waals surface area contributed by atoms with E-state index in [1.807, 2.05) is 0 Å². The number of rotatable bonds is 15. The summed E-state index contributed by atoms with van der Waals surface area (Å²) in [4.78, 5) is 55.6. The van der Waals surface area contributed by atoms with Gasteiger partial charge >= 0.3 is 11.9 Å². The average molecular weight is 740 g/mol. The van der Waals surface area contributed by atoms with Crippen LogP contribution in [0.4, 0.5) is 11.4 Å². The number of guanidine groups is 4. The third kappa shape index (κ3) is 27.5. The number of benzene rings is 2. The van der Waals surface area contributed by atoms with Gasteiger partial charge in [-0.1, -0.05) is 36.0 Å². The van der Waals surface area contributed by atoms with Gasteiger partial charge in [0, 0.05) is 47.4 Å². The number of anilines is 2. The van der Waals surface area contributed by atoms with E-state index in [0.717, 1.165) is 37.1 Å². The number of carboxylic acid groups (broad SMARTS) is 2. The number of unbranched alkanes of at least 4 members (excludes halogenated alkanes) is 3. The van der Waals surface area contributed by atoms with Gasteiger partial charge in [-0.3, -0.25) is 29.2 Å². The number of hydrogen-bond donors (Lipinski definition) is 10. The molecule has 2 amide bonds. The number of nitrogens with one attached hydrogen (secondary N) is 2. The predicted molar refractivity (Wildman–Crippen MR) is 197 cm³/mol. The number of amides is 2. The maximum atomic E-state index is 9.86. The summed E-state index contributed by atoms with van der Waals surface area (Å²) in [5.74, 6) is -2.58. The van der Waals surface area contributed by atoms with E-state index in [4.69, 9.17) is 56.3 Å². The maximum absolute atomic E-state index is 9.86. The van der Waals surface area contributed by atoms with Gasteiger partial charge in [0.05, 0.1) is 12.8 Å². The molecule has 274 valence electrons. The molecule has 18 nitrogen and oxygen atoms in total. The Morgan fingerprint density at radius 3 is 1.12 bits per heavy atom. The maximum Gasteiger partial charge on any atom is 0.303 e. The first-order chi connectivity index (χ1) is 23.6. The molecule has 0 unspecified atom stereocenters. The van der Waals surface area contributed by atoms with E-state index in [0.29, 0.717) is 23.1 Å². The molecule has 0 aliphatic rings. The highest BCUT2D eigenvalue weighted by Crippen LogP contribution is 2.13. The second-order valence-electron chi connectivity index (χ2n) is 9.87. The van der Waals surface area contributed by atoms with Gasteiger partial charge < -0.3 is 55.2 Å². The summed E-state index contributed by atoms with van der Waals surface area (Å²) in [5.41, 5.74) is 34.0. The molecule has 0 radical (unpaired) electrons. The number of carbonyl (C=O) groups excluding carboxylic acids is 2. The molecule has 0 saturated carbocycles. The molecule has 2 aromatic carbocycles. The topological polar surface area (TPSA) is 338 Å². The molecule has 16 N–H and O–H groups in total. The lowest BCUT2D eigenvalue weighted by Crippen LogP contribution is -2.26. The van der Waals surface area contributed by atoms with Crippen molar-refractivity contribution in [1.29, 1.82) is 0 Å². The Bertz CT molecular complexity index is 1340. The van der Waals surface area contributed by atoms with Gasteiger partial charge in [0.25, 0.3) is 0 Å². The van der Waals surface area contributed by atoms with E-state index in [-0.39, 0.29) is 49.5 Å². The first-order valence-corrected chi connectivity index (χ1v) is 15.7. The van der Waals surface area contributed by atoms with Gasteiger partial charge in [-0.15, -0.1) is 0 Å². The molecule has 50 heavy (non-hydrogen) atoms. The minimum atomic E-state index is -0.996. The molecular weight excluding hydrogens is 695 g/mol. The zero-order valence-corrected chi connectivity index (χ0v) is 28.7. The van der Waals surface area contributed by atoms with Crippen LogP contribution in [-0.4, -0.2) is 70.9 Å². The molecule has 0 atom stereocenters. The lowest BCUT2D eigenvalue weighted by atomic mass is 10.2. The SMILES string of the molecule is NC(=NCCCCCCN=C(N)/N=C(\N)Nc1ccc(Cl)cc1)/N=C(\N)Nc1ccc(Cl)cc1.NC(=O)CCC(=O)O.NC(=O)CCC(=O)O. The van der Waals surface area contributed by atoms with Crippen molar-refractivity contribution in [2.45, 2.75) is 51.4 Å². The van der Waals surface area contributed by atoms with Crippen LogP contribution in [0.1, 0.15) is 51.4 Å². The zero-order valence-electron chi connectivity index (χ0n) is 27.2. The highest BCUT2D eigenvalue weighted by Gasteiger charge is 2.01. The van der Waals surface area contributed by atoms with E-state index in [2.05, 4.69) is 42.1 Å². The molecule has 0 saturated heterocycles. The molecule has 0 heterocycles. The van der Waals surface area contributed by atoms with Crippen LogP contribution in [0.25, 0.3) is 0 Å². The van der Waals surface area contributed by atoms with E-state index in [1.54, 1.807) is 48.5 Å². The largest absolute Gasteiger partial charge is 0.481 e. The number of carboxylic acids is 2. The minimum Gasteiger partial charge on any atom is -0.481 e. The van der Waals surface area contributed by atoms with Gasteiger partial charge in [-0.05, 0) is 61.4 Å². The number of hydrogen-bond acceptors (Lipinski definition) is 6. The van der Waals surface area contributed by atoms with Crippen LogP contribution in [0.3, 0.4) is 0 Å². The molecule has 2 rings (SSSR count). The van der Waals surface area contributed by atoms with E-state index >= 15 is 0 Å². The van der Waals surface area contributed by atoms with Crippen LogP contribution in [0, 0.1) is 0 Å². The highest BCUT2D eigenvalue weighted by atomic mass is 35.5. The number of aliphatic carboxylic acids is 2. The quantitative estimate of drug-likeness (QED) is 0.0712. The minimum absolute atomic E-state index is 0.0741.